The molecule has 1 N–H and O–H groups in total. The summed E-state index contributed by atoms with van der Waals surface area (Å²) in [6, 6.07) is 19.2. The fourth-order valence-corrected chi connectivity index (χ4v) is 3.15. The molecule has 0 radical (unpaired) electrons. The molecule has 5 heteroatoms. The van der Waals surface area contributed by atoms with Crippen molar-refractivity contribution >= 4 is 23.6 Å². The fraction of sp³-hybridized carbons (Fsp3) is 0.148. The Hall–Kier alpha value is -3.99. The molecule has 32 heavy (non-hydrogen) atoms. The van der Waals surface area contributed by atoms with Gasteiger partial charge in [-0.3, -0.25) is 4.79 Å². The van der Waals surface area contributed by atoms with Gasteiger partial charge in [0.15, 0.2) is 17.3 Å². The summed E-state index contributed by atoms with van der Waals surface area (Å²) in [4.78, 5) is 12.3. The number of carbonyl (C=O) groups is 1. The van der Waals surface area contributed by atoms with E-state index in [1.165, 1.54) is 6.08 Å². The number of ketones is 1. The second kappa shape index (κ2) is 10.9. The molecule has 5 nitrogen and oxygen atoms in total. The smallest absolute Gasteiger partial charge is 0.203 e. The molecule has 0 aromatic heterocycles. The molecule has 0 bridgehead atoms. The average molecular weight is 430 g/mol. The number of hydrogen-bond acceptors (Lipinski definition) is 5. The second-order valence-electron chi connectivity index (χ2n) is 7.13. The topological polar surface area (TPSA) is 56.8 Å². The Morgan fingerprint density at radius 2 is 1.47 bits per heavy atom. The Bertz CT molecular complexity index is 1110. The van der Waals surface area contributed by atoms with Crippen molar-refractivity contribution in [2.45, 2.75) is 6.92 Å². The Morgan fingerprint density at radius 1 is 0.812 bits per heavy atom. The Balaban J connectivity index is 1.70. The second-order valence-corrected chi connectivity index (χ2v) is 7.13. The highest BCUT2D eigenvalue weighted by atomic mass is 16.5. The summed E-state index contributed by atoms with van der Waals surface area (Å²) in [6.07, 6.45) is 7.15. The molecule has 0 unspecified atom stereocenters. The lowest BCUT2D eigenvalue weighted by atomic mass is 10.1. The zero-order valence-electron chi connectivity index (χ0n) is 18.7. The van der Waals surface area contributed by atoms with Crippen LogP contribution in [0.5, 0.6) is 17.2 Å². The molecule has 0 saturated heterocycles. The van der Waals surface area contributed by atoms with Gasteiger partial charge in [-0.15, -0.1) is 0 Å². The molecule has 0 heterocycles. The number of aryl methyl sites for hydroxylation is 1. The van der Waals surface area contributed by atoms with Crippen LogP contribution >= 0.6 is 0 Å². The van der Waals surface area contributed by atoms with Gasteiger partial charge in [-0.2, -0.15) is 0 Å². The highest BCUT2D eigenvalue weighted by Gasteiger charge is 2.11. The number of hydrogen-bond donors (Lipinski definition) is 1. The van der Waals surface area contributed by atoms with Crippen molar-refractivity contribution in [1.82, 2.24) is 0 Å². The minimum atomic E-state index is -0.0454. The van der Waals surface area contributed by atoms with Gasteiger partial charge in [0.1, 0.15) is 0 Å². The van der Waals surface area contributed by atoms with Crippen molar-refractivity contribution in [1.29, 1.82) is 0 Å². The van der Waals surface area contributed by atoms with Crippen LogP contribution in [0.3, 0.4) is 0 Å². The molecule has 3 aromatic carbocycles. The molecule has 0 aliphatic rings. The van der Waals surface area contributed by atoms with Crippen LogP contribution < -0.4 is 19.5 Å². The minimum Gasteiger partial charge on any atom is -0.493 e. The van der Waals surface area contributed by atoms with Crippen LogP contribution in [-0.4, -0.2) is 27.1 Å². The Kier molecular flexibility index (Phi) is 7.70. The number of anilines is 1. The summed E-state index contributed by atoms with van der Waals surface area (Å²) >= 11 is 0. The Labute approximate surface area is 189 Å². The first-order valence-corrected chi connectivity index (χ1v) is 10.2. The van der Waals surface area contributed by atoms with Crippen molar-refractivity contribution in [3.63, 3.8) is 0 Å². The van der Waals surface area contributed by atoms with Crippen molar-refractivity contribution in [3.8, 4) is 17.2 Å². The number of nitrogens with one attached hydrogen (secondary N) is 1. The molecule has 0 aliphatic carbocycles. The summed E-state index contributed by atoms with van der Waals surface area (Å²) in [5.74, 6) is 1.72. The summed E-state index contributed by atoms with van der Waals surface area (Å²) < 4.78 is 16.2. The van der Waals surface area contributed by atoms with E-state index in [1.807, 2.05) is 79.7 Å². The highest BCUT2D eigenvalue weighted by Crippen LogP contribution is 2.38. The zero-order chi connectivity index (χ0) is 22.9. The molecule has 3 rings (SSSR count). The maximum absolute atomic E-state index is 12.3. The van der Waals surface area contributed by atoms with Crippen LogP contribution in [0.25, 0.3) is 12.2 Å². The highest BCUT2D eigenvalue weighted by molar-refractivity contribution is 6.04. The molecule has 0 aliphatic heterocycles. The summed E-state index contributed by atoms with van der Waals surface area (Å²) in [5.41, 5.74) is 4.59. The van der Waals surface area contributed by atoms with Crippen LogP contribution in [0.15, 0.2) is 72.9 Å². The van der Waals surface area contributed by atoms with E-state index >= 15 is 0 Å². The zero-order valence-corrected chi connectivity index (χ0v) is 18.7. The monoisotopic (exact) mass is 429 g/mol. The standard InChI is InChI=1S/C27H27NO4/c1-19-8-12-22(13-9-19)24(29)14-15-28-23-7-5-6-20(16-23)10-11-21-17-25(30-2)27(32-4)26(18-21)31-3/h5-18,28H,1-4H3/b11-10-,15-14-. The Morgan fingerprint density at radius 3 is 2.09 bits per heavy atom. The predicted molar refractivity (Wildman–Crippen MR) is 130 cm³/mol. The first-order chi connectivity index (χ1) is 15.5. The van der Waals surface area contributed by atoms with Crippen LogP contribution in [0.4, 0.5) is 5.69 Å². The van der Waals surface area contributed by atoms with Crippen molar-refractivity contribution in [2.75, 3.05) is 26.6 Å². The van der Waals surface area contributed by atoms with Gasteiger partial charge in [-0.1, -0.05) is 54.1 Å². The number of ether oxygens (including phenoxy) is 3. The van der Waals surface area contributed by atoms with Crippen LogP contribution in [-0.2, 0) is 0 Å². The van der Waals surface area contributed by atoms with E-state index in [-0.39, 0.29) is 5.78 Å². The third-order valence-corrected chi connectivity index (χ3v) is 4.86. The van der Waals surface area contributed by atoms with E-state index in [0.29, 0.717) is 22.8 Å². The summed E-state index contributed by atoms with van der Waals surface area (Å²) in [7, 11) is 4.77. The number of allylic oxidation sites excluding steroid dienone is 1. The van der Waals surface area contributed by atoms with Gasteiger partial charge in [-0.25, -0.2) is 0 Å². The molecule has 3 aromatic rings. The SMILES string of the molecule is COc1cc(/C=C\c2cccc(N/C=C\C(=O)c3ccc(C)cc3)c2)cc(OC)c1OC. The van der Waals surface area contributed by atoms with Gasteiger partial charge in [0.05, 0.1) is 21.3 Å². The minimum absolute atomic E-state index is 0.0454. The van der Waals surface area contributed by atoms with Gasteiger partial charge in [-0.05, 0) is 42.3 Å². The maximum Gasteiger partial charge on any atom is 0.203 e. The van der Waals surface area contributed by atoms with Crippen molar-refractivity contribution in [3.05, 3.63) is 95.2 Å². The fourth-order valence-electron chi connectivity index (χ4n) is 3.15. The van der Waals surface area contributed by atoms with E-state index in [1.54, 1.807) is 27.5 Å². The summed E-state index contributed by atoms with van der Waals surface area (Å²) in [6.45, 7) is 1.99. The van der Waals surface area contributed by atoms with Crippen LogP contribution in [0, 0.1) is 6.92 Å². The first-order valence-electron chi connectivity index (χ1n) is 10.2. The lowest BCUT2D eigenvalue weighted by Crippen LogP contribution is -1.96. The van der Waals surface area contributed by atoms with E-state index in [9.17, 15) is 4.79 Å². The third-order valence-electron chi connectivity index (χ3n) is 4.86. The quantitative estimate of drug-likeness (QED) is 0.257. The van der Waals surface area contributed by atoms with Crippen molar-refractivity contribution in [2.24, 2.45) is 0 Å². The molecule has 0 saturated carbocycles. The molecule has 164 valence electrons. The number of carbonyl (C=O) groups excluding carboxylic acids is 1. The molecule has 0 spiro atoms. The van der Waals surface area contributed by atoms with E-state index < -0.39 is 0 Å². The number of methoxy groups -OCH3 is 3. The van der Waals surface area contributed by atoms with E-state index in [4.69, 9.17) is 14.2 Å². The van der Waals surface area contributed by atoms with Crippen LogP contribution in [0.2, 0.25) is 0 Å². The van der Waals surface area contributed by atoms with Crippen LogP contribution in [0.1, 0.15) is 27.0 Å². The normalized spacial score (nSPS) is 11.0. The summed E-state index contributed by atoms with van der Waals surface area (Å²) in [5, 5.41) is 3.16. The lowest BCUT2D eigenvalue weighted by molar-refractivity contribution is 0.104. The lowest BCUT2D eigenvalue weighted by Gasteiger charge is -2.12. The van der Waals surface area contributed by atoms with Gasteiger partial charge >= 0.3 is 0 Å². The number of rotatable bonds is 9. The van der Waals surface area contributed by atoms with Crippen molar-refractivity contribution < 1.29 is 19.0 Å². The molecular formula is C27H27NO4. The van der Waals surface area contributed by atoms with E-state index in [0.717, 1.165) is 22.4 Å². The van der Waals surface area contributed by atoms with Gasteiger partial charge in [0, 0.05) is 23.5 Å². The van der Waals surface area contributed by atoms with Gasteiger partial charge in [0.25, 0.3) is 0 Å². The molecule has 0 amide bonds. The largest absolute Gasteiger partial charge is 0.493 e. The average Bonchev–Trinajstić information content (AvgIpc) is 2.82. The predicted octanol–water partition coefficient (Wildman–Crippen LogP) is 6.00. The molecule has 0 fully saturated rings. The number of benzene rings is 3. The third kappa shape index (κ3) is 5.79. The maximum atomic E-state index is 12.3. The molecular weight excluding hydrogens is 402 g/mol. The van der Waals surface area contributed by atoms with Gasteiger partial charge < -0.3 is 19.5 Å². The molecule has 0 atom stereocenters. The van der Waals surface area contributed by atoms with E-state index in [2.05, 4.69) is 5.32 Å². The van der Waals surface area contributed by atoms with Gasteiger partial charge in [0.2, 0.25) is 5.75 Å². The first kappa shape index (κ1) is 22.7.